The minimum atomic E-state index is 0.500. The Bertz CT molecular complexity index is 762. The zero-order chi connectivity index (χ0) is 15.9. The van der Waals surface area contributed by atoms with Crippen molar-refractivity contribution in [2.75, 3.05) is 0 Å². The van der Waals surface area contributed by atoms with Gasteiger partial charge in [0.05, 0.1) is 5.69 Å². The highest BCUT2D eigenvalue weighted by Crippen LogP contribution is 2.16. The molecule has 0 amide bonds. The Balaban J connectivity index is 1.86. The van der Waals surface area contributed by atoms with Crippen LogP contribution in [0.2, 0.25) is 0 Å². The first-order chi connectivity index (χ1) is 11.3. The molecule has 0 spiro atoms. The van der Waals surface area contributed by atoms with Gasteiger partial charge in [0, 0.05) is 5.56 Å². The minimum Gasteiger partial charge on any atom is -0.472 e. The van der Waals surface area contributed by atoms with Gasteiger partial charge in [-0.25, -0.2) is 4.99 Å². The van der Waals surface area contributed by atoms with E-state index >= 15 is 0 Å². The molecule has 0 bridgehead atoms. The second-order valence-corrected chi connectivity index (χ2v) is 5.39. The predicted octanol–water partition coefficient (Wildman–Crippen LogP) is 5.29. The SMILES string of the molecule is Cc1ccc(N=C(OCc2ccccc2)c2ccccc2)cc1. The smallest absolute Gasteiger partial charge is 0.221 e. The zero-order valence-corrected chi connectivity index (χ0v) is 13.1. The van der Waals surface area contributed by atoms with E-state index in [-0.39, 0.29) is 0 Å². The highest BCUT2D eigenvalue weighted by atomic mass is 16.5. The highest BCUT2D eigenvalue weighted by molar-refractivity contribution is 5.95. The van der Waals surface area contributed by atoms with Crippen molar-refractivity contribution in [3.05, 3.63) is 102 Å². The number of hydrogen-bond donors (Lipinski definition) is 0. The van der Waals surface area contributed by atoms with E-state index in [2.05, 4.69) is 36.2 Å². The lowest BCUT2D eigenvalue weighted by molar-refractivity contribution is 0.294. The molecule has 0 aromatic heterocycles. The molecule has 3 rings (SSSR count). The zero-order valence-electron chi connectivity index (χ0n) is 13.1. The molecule has 0 radical (unpaired) electrons. The van der Waals surface area contributed by atoms with Crippen LogP contribution in [0.25, 0.3) is 0 Å². The average molecular weight is 301 g/mol. The maximum Gasteiger partial charge on any atom is 0.221 e. The van der Waals surface area contributed by atoms with Gasteiger partial charge in [0.15, 0.2) is 0 Å². The lowest BCUT2D eigenvalue weighted by Crippen LogP contribution is -2.06. The van der Waals surface area contributed by atoms with Crippen LogP contribution in [0, 0.1) is 6.92 Å². The van der Waals surface area contributed by atoms with E-state index in [9.17, 15) is 0 Å². The van der Waals surface area contributed by atoms with E-state index in [0.29, 0.717) is 12.5 Å². The summed E-state index contributed by atoms with van der Waals surface area (Å²) in [6.45, 7) is 2.57. The van der Waals surface area contributed by atoms with Crippen LogP contribution < -0.4 is 0 Å². The maximum absolute atomic E-state index is 6.00. The molecular weight excluding hydrogens is 282 g/mol. The van der Waals surface area contributed by atoms with Crippen LogP contribution in [-0.4, -0.2) is 5.90 Å². The van der Waals surface area contributed by atoms with Crippen LogP contribution in [-0.2, 0) is 11.3 Å². The van der Waals surface area contributed by atoms with Gasteiger partial charge in [-0.05, 0) is 36.8 Å². The molecule has 0 fully saturated rings. The molecule has 0 aliphatic carbocycles. The fourth-order valence-electron chi connectivity index (χ4n) is 2.22. The molecule has 0 aliphatic rings. The summed E-state index contributed by atoms with van der Waals surface area (Å²) in [5, 5.41) is 0. The number of ether oxygens (including phenoxy) is 1. The molecule has 0 saturated carbocycles. The standard InChI is InChI=1S/C21H19NO/c1-17-12-14-20(15-13-17)22-21(19-10-6-3-7-11-19)23-16-18-8-4-2-5-9-18/h2-15H,16H2,1H3. The monoisotopic (exact) mass is 301 g/mol. The molecule has 3 aromatic rings. The Morgan fingerprint density at radius 2 is 1.39 bits per heavy atom. The molecule has 0 N–H and O–H groups in total. The van der Waals surface area contributed by atoms with E-state index in [1.807, 2.05) is 60.7 Å². The van der Waals surface area contributed by atoms with E-state index in [4.69, 9.17) is 4.74 Å². The maximum atomic E-state index is 6.00. The number of aliphatic imine (C=N–C) groups is 1. The summed E-state index contributed by atoms with van der Waals surface area (Å²) in [4.78, 5) is 4.68. The van der Waals surface area contributed by atoms with Gasteiger partial charge >= 0.3 is 0 Å². The third-order valence-electron chi connectivity index (χ3n) is 3.50. The molecular formula is C21H19NO. The quantitative estimate of drug-likeness (QED) is 0.474. The molecule has 0 saturated heterocycles. The topological polar surface area (TPSA) is 21.6 Å². The van der Waals surface area contributed by atoms with E-state index < -0.39 is 0 Å². The Labute approximate surface area is 137 Å². The highest BCUT2D eigenvalue weighted by Gasteiger charge is 2.05. The number of aryl methyl sites for hydroxylation is 1. The summed E-state index contributed by atoms with van der Waals surface area (Å²) in [7, 11) is 0. The molecule has 0 aliphatic heterocycles. The molecule has 2 heteroatoms. The Morgan fingerprint density at radius 1 is 0.783 bits per heavy atom. The van der Waals surface area contributed by atoms with Gasteiger partial charge < -0.3 is 4.74 Å². The van der Waals surface area contributed by atoms with Gasteiger partial charge in [-0.2, -0.15) is 0 Å². The van der Waals surface area contributed by atoms with Crippen molar-refractivity contribution in [1.82, 2.24) is 0 Å². The first kappa shape index (κ1) is 15.0. The fourth-order valence-corrected chi connectivity index (χ4v) is 2.22. The van der Waals surface area contributed by atoms with E-state index in [1.165, 1.54) is 5.56 Å². The van der Waals surface area contributed by atoms with Gasteiger partial charge in [-0.15, -0.1) is 0 Å². The minimum absolute atomic E-state index is 0.500. The average Bonchev–Trinajstić information content (AvgIpc) is 2.62. The van der Waals surface area contributed by atoms with Gasteiger partial charge in [0.1, 0.15) is 6.61 Å². The number of benzene rings is 3. The van der Waals surface area contributed by atoms with Gasteiger partial charge in [0.25, 0.3) is 0 Å². The van der Waals surface area contributed by atoms with Crippen LogP contribution in [0.15, 0.2) is 89.9 Å². The molecule has 23 heavy (non-hydrogen) atoms. The molecule has 3 aromatic carbocycles. The second-order valence-electron chi connectivity index (χ2n) is 5.39. The second kappa shape index (κ2) is 7.41. The lowest BCUT2D eigenvalue weighted by Gasteiger charge is -2.10. The summed E-state index contributed by atoms with van der Waals surface area (Å²) in [6.07, 6.45) is 0. The summed E-state index contributed by atoms with van der Waals surface area (Å²) in [6, 6.07) is 28.2. The van der Waals surface area contributed by atoms with Gasteiger partial charge in [-0.1, -0.05) is 66.2 Å². The number of hydrogen-bond acceptors (Lipinski definition) is 2. The number of rotatable bonds is 4. The van der Waals surface area contributed by atoms with Crippen molar-refractivity contribution in [3.63, 3.8) is 0 Å². The van der Waals surface area contributed by atoms with Crippen molar-refractivity contribution >= 4 is 11.6 Å². The summed E-state index contributed by atoms with van der Waals surface area (Å²) < 4.78 is 6.00. The first-order valence-corrected chi connectivity index (χ1v) is 7.69. The third kappa shape index (κ3) is 4.30. The Morgan fingerprint density at radius 3 is 2.04 bits per heavy atom. The predicted molar refractivity (Wildman–Crippen MR) is 95.0 cm³/mol. The van der Waals surface area contributed by atoms with Crippen molar-refractivity contribution in [2.45, 2.75) is 13.5 Å². The summed E-state index contributed by atoms with van der Waals surface area (Å²) in [5.41, 5.74) is 4.21. The van der Waals surface area contributed by atoms with Crippen molar-refractivity contribution in [2.24, 2.45) is 4.99 Å². The number of nitrogens with zero attached hydrogens (tertiary/aromatic N) is 1. The summed E-state index contributed by atoms with van der Waals surface area (Å²) >= 11 is 0. The van der Waals surface area contributed by atoms with Crippen LogP contribution in [0.5, 0.6) is 0 Å². The van der Waals surface area contributed by atoms with Crippen LogP contribution >= 0.6 is 0 Å². The van der Waals surface area contributed by atoms with Gasteiger partial charge in [0.2, 0.25) is 5.90 Å². The van der Waals surface area contributed by atoms with Crippen molar-refractivity contribution < 1.29 is 4.74 Å². The fraction of sp³-hybridized carbons (Fsp3) is 0.0952. The molecule has 2 nitrogen and oxygen atoms in total. The van der Waals surface area contributed by atoms with Crippen LogP contribution in [0.1, 0.15) is 16.7 Å². The third-order valence-corrected chi connectivity index (χ3v) is 3.50. The molecule has 0 heterocycles. The molecule has 0 unspecified atom stereocenters. The largest absolute Gasteiger partial charge is 0.472 e. The van der Waals surface area contributed by atoms with Crippen LogP contribution in [0.4, 0.5) is 5.69 Å². The van der Waals surface area contributed by atoms with Gasteiger partial charge in [-0.3, -0.25) is 0 Å². The van der Waals surface area contributed by atoms with E-state index in [0.717, 1.165) is 16.8 Å². The Hall–Kier alpha value is -2.87. The molecule has 114 valence electrons. The van der Waals surface area contributed by atoms with Crippen molar-refractivity contribution in [3.8, 4) is 0 Å². The summed E-state index contributed by atoms with van der Waals surface area (Å²) in [5.74, 6) is 0.637. The first-order valence-electron chi connectivity index (χ1n) is 7.69. The van der Waals surface area contributed by atoms with Crippen molar-refractivity contribution in [1.29, 1.82) is 0 Å². The van der Waals surface area contributed by atoms with Crippen LogP contribution in [0.3, 0.4) is 0 Å². The van der Waals surface area contributed by atoms with E-state index in [1.54, 1.807) is 0 Å². The lowest BCUT2D eigenvalue weighted by atomic mass is 10.2. The normalized spacial score (nSPS) is 11.3. The Kier molecular flexibility index (Phi) is 4.85. The molecule has 0 atom stereocenters.